The van der Waals surface area contributed by atoms with Crippen molar-refractivity contribution in [3.05, 3.63) is 71.8 Å². The van der Waals surface area contributed by atoms with Gasteiger partial charge < -0.3 is 57.0 Å². The van der Waals surface area contributed by atoms with Gasteiger partial charge in [-0.05, 0) is 112 Å². The van der Waals surface area contributed by atoms with Gasteiger partial charge in [0.2, 0.25) is 5.78 Å². The summed E-state index contributed by atoms with van der Waals surface area (Å²) >= 11 is 0. The van der Waals surface area contributed by atoms with Gasteiger partial charge in [-0.2, -0.15) is 0 Å². The number of cyclic esters (lactones) is 1. The van der Waals surface area contributed by atoms with Crippen LogP contribution in [0.5, 0.6) is 0 Å². The molecule has 4 heterocycles. The first-order valence-electron chi connectivity index (χ1n) is 25.0. The van der Waals surface area contributed by atoms with E-state index in [1.165, 1.54) is 7.11 Å². The minimum absolute atomic E-state index is 0.0860. The van der Waals surface area contributed by atoms with Crippen LogP contribution in [0.4, 0.5) is 0 Å². The predicted octanol–water partition coefficient (Wildman–Crippen LogP) is 7.58. The van der Waals surface area contributed by atoms with Gasteiger partial charge in [0.15, 0.2) is 36.7 Å². The van der Waals surface area contributed by atoms with Gasteiger partial charge in [-0.15, -0.1) is 0 Å². The first kappa shape index (κ1) is 55.5. The standard InChI is InChI=1S/C54H79NO15/c1-16-39-41(56)44-32(4)42(69-52(8,9)70-44)30(2)28-53(10,60-14)46(68-51-45(38(55(12)13)27-31(3)62-51)66-49(58)36-23-19-17-20-24-36)33(5)43(34(6)48(57)64-39)65-40-29-54(11,61-15)47(35(7)63-40)67-50(59)37-25-21-18-22-26-37/h17-26,30-35,38-40,42-47,51H,16,27-29H2,1-15H3/t30-,31-,32+,33+,34-,35+,38+,39-,40?,42+,43+,44-,45-,46-,47+,51?,53+,54-/m1/s1. The molecule has 0 aromatic heterocycles. The maximum absolute atomic E-state index is 14.8. The third kappa shape index (κ3) is 12.3. The van der Waals surface area contributed by atoms with Crippen LogP contribution in [0.1, 0.15) is 123 Å². The molecular formula is C54H79NO15. The van der Waals surface area contributed by atoms with Crippen molar-refractivity contribution in [2.75, 3.05) is 28.3 Å². The number of ketones is 1. The van der Waals surface area contributed by atoms with Crippen LogP contribution in [-0.2, 0) is 61.7 Å². The zero-order chi connectivity index (χ0) is 51.5. The fraction of sp³-hybridized carbons (Fsp3) is 0.704. The highest BCUT2D eigenvalue weighted by Gasteiger charge is 2.56. The Labute approximate surface area is 414 Å². The molecule has 6 rings (SSSR count). The highest BCUT2D eigenvalue weighted by Crippen LogP contribution is 2.45. The van der Waals surface area contributed by atoms with E-state index < -0.39 is 114 Å². The molecule has 2 aromatic carbocycles. The lowest BCUT2D eigenvalue weighted by molar-refractivity contribution is -0.329. The van der Waals surface area contributed by atoms with Crippen LogP contribution in [0.25, 0.3) is 0 Å². The fourth-order valence-corrected chi connectivity index (χ4v) is 11.1. The monoisotopic (exact) mass is 982 g/mol. The first-order chi connectivity index (χ1) is 33.0. The van der Waals surface area contributed by atoms with Crippen LogP contribution < -0.4 is 0 Å². The number of nitrogens with zero attached hydrogens (tertiary/aromatic N) is 1. The van der Waals surface area contributed by atoms with Gasteiger partial charge in [-0.25, -0.2) is 9.59 Å². The van der Waals surface area contributed by atoms with Crippen molar-refractivity contribution in [2.24, 2.45) is 23.7 Å². The average molecular weight is 982 g/mol. The molecular weight excluding hydrogens is 903 g/mol. The lowest BCUT2D eigenvalue weighted by atomic mass is 9.74. The van der Waals surface area contributed by atoms with E-state index in [2.05, 4.69) is 6.92 Å². The second kappa shape index (κ2) is 22.9. The summed E-state index contributed by atoms with van der Waals surface area (Å²) in [6.45, 7) is 20.4. The second-order valence-corrected chi connectivity index (χ2v) is 21.1. The van der Waals surface area contributed by atoms with Crippen LogP contribution in [0, 0.1) is 23.7 Å². The van der Waals surface area contributed by atoms with Gasteiger partial charge in [0.1, 0.15) is 11.7 Å². The molecule has 0 amide bonds. The van der Waals surface area contributed by atoms with E-state index in [0.29, 0.717) is 24.0 Å². The molecule has 390 valence electrons. The van der Waals surface area contributed by atoms with Gasteiger partial charge in [0.05, 0.1) is 59.2 Å². The second-order valence-electron chi connectivity index (χ2n) is 21.1. The normalized spacial score (nSPS) is 39.6. The van der Waals surface area contributed by atoms with E-state index in [1.54, 1.807) is 90.3 Å². The summed E-state index contributed by atoms with van der Waals surface area (Å²) in [5.41, 5.74) is -1.56. The van der Waals surface area contributed by atoms with Crippen molar-refractivity contribution in [2.45, 2.75) is 192 Å². The summed E-state index contributed by atoms with van der Waals surface area (Å²) < 4.78 is 72.2. The molecule has 0 spiro atoms. The smallest absolute Gasteiger partial charge is 0.338 e. The summed E-state index contributed by atoms with van der Waals surface area (Å²) in [6.07, 6.45) is -8.43. The van der Waals surface area contributed by atoms with E-state index in [1.807, 2.05) is 65.7 Å². The summed E-state index contributed by atoms with van der Waals surface area (Å²) in [6, 6.07) is 17.1. The molecule has 16 heteroatoms. The number of methoxy groups -OCH3 is 2. The fourth-order valence-electron chi connectivity index (χ4n) is 11.1. The Morgan fingerprint density at radius 3 is 1.84 bits per heavy atom. The Kier molecular flexibility index (Phi) is 18.2. The number of likely N-dealkylation sites (N-methyl/N-ethyl adjacent to an activating group) is 1. The lowest BCUT2D eigenvalue weighted by Crippen LogP contribution is -2.62. The lowest BCUT2D eigenvalue weighted by Gasteiger charge is -2.51. The summed E-state index contributed by atoms with van der Waals surface area (Å²) in [5, 5.41) is 0. The van der Waals surface area contributed by atoms with Crippen LogP contribution in [0.15, 0.2) is 60.7 Å². The Morgan fingerprint density at radius 1 is 0.714 bits per heavy atom. The number of benzene rings is 2. The maximum Gasteiger partial charge on any atom is 0.338 e. The first-order valence-corrected chi connectivity index (χ1v) is 25.0. The molecule has 2 aromatic rings. The van der Waals surface area contributed by atoms with Crippen molar-refractivity contribution < 1.29 is 71.3 Å². The number of esters is 3. The van der Waals surface area contributed by atoms with E-state index in [9.17, 15) is 19.2 Å². The molecule has 0 N–H and O–H groups in total. The Morgan fingerprint density at radius 2 is 1.29 bits per heavy atom. The largest absolute Gasteiger partial charge is 0.454 e. The van der Waals surface area contributed by atoms with E-state index in [4.69, 9.17) is 52.1 Å². The van der Waals surface area contributed by atoms with Crippen molar-refractivity contribution in [3.8, 4) is 0 Å². The van der Waals surface area contributed by atoms with Crippen LogP contribution in [0.2, 0.25) is 0 Å². The van der Waals surface area contributed by atoms with Gasteiger partial charge in [0.25, 0.3) is 0 Å². The zero-order valence-corrected chi connectivity index (χ0v) is 43.9. The van der Waals surface area contributed by atoms with Crippen molar-refractivity contribution in [1.29, 1.82) is 0 Å². The molecule has 4 aliphatic rings. The van der Waals surface area contributed by atoms with Gasteiger partial charge in [-0.1, -0.05) is 64.1 Å². The van der Waals surface area contributed by atoms with Gasteiger partial charge in [0, 0.05) is 32.5 Å². The minimum atomic E-state index is -1.20. The average Bonchev–Trinajstić information content (AvgIpc) is 3.33. The maximum atomic E-state index is 14.8. The quantitative estimate of drug-likeness (QED) is 0.150. The van der Waals surface area contributed by atoms with Crippen LogP contribution in [0.3, 0.4) is 0 Å². The molecule has 4 aliphatic heterocycles. The number of rotatable bonds is 12. The van der Waals surface area contributed by atoms with Crippen molar-refractivity contribution >= 4 is 23.7 Å². The number of carbonyl (C=O) groups excluding carboxylic acids is 4. The molecule has 0 saturated carbocycles. The Balaban J connectivity index is 1.45. The summed E-state index contributed by atoms with van der Waals surface area (Å²) in [4.78, 5) is 58.6. The highest BCUT2D eigenvalue weighted by atomic mass is 16.7. The number of ether oxygens (including phenoxy) is 11. The number of Topliss-reactive ketones (excluding diaryl/α,β-unsaturated/α-hetero) is 1. The number of carbonyl (C=O) groups is 4. The molecule has 0 radical (unpaired) electrons. The third-order valence-corrected chi connectivity index (χ3v) is 15.0. The number of hydrogen-bond donors (Lipinski definition) is 0. The molecule has 18 atom stereocenters. The molecule has 0 aliphatic carbocycles. The van der Waals surface area contributed by atoms with Crippen molar-refractivity contribution in [1.82, 2.24) is 4.90 Å². The van der Waals surface area contributed by atoms with E-state index >= 15 is 0 Å². The Bertz CT molecular complexity index is 2070. The molecule has 2 unspecified atom stereocenters. The minimum Gasteiger partial charge on any atom is -0.454 e. The van der Waals surface area contributed by atoms with E-state index in [0.717, 1.165) is 0 Å². The molecule has 4 saturated heterocycles. The SMILES string of the molecule is CC[C@H]1OC(=O)[C@H](C)[C@@H](OC2C[C@@](C)(OC)[C@@H](OC(=O)c3ccccc3)[C@H](C)O2)[C@H](C)[C@@H](OC2O[C@H](C)C[C@H](N(C)C)[C@H]2OC(=O)c2ccccc2)[C@@](C)(OC)C[C@@H](C)[C@@H]2OC(C)(C)O[C@@H](C1=O)[C@H]2C. The summed E-state index contributed by atoms with van der Waals surface area (Å²) in [5.74, 6) is -5.77. The van der Waals surface area contributed by atoms with Gasteiger partial charge >= 0.3 is 17.9 Å². The van der Waals surface area contributed by atoms with E-state index in [-0.39, 0.29) is 36.7 Å². The number of hydrogen-bond acceptors (Lipinski definition) is 16. The number of fused-ring (bicyclic) bond motifs is 2. The van der Waals surface area contributed by atoms with Crippen LogP contribution >= 0.6 is 0 Å². The third-order valence-electron chi connectivity index (χ3n) is 15.0. The topological polar surface area (TPSA) is 173 Å². The highest BCUT2D eigenvalue weighted by molar-refractivity contribution is 5.91. The van der Waals surface area contributed by atoms with Gasteiger partial charge in [-0.3, -0.25) is 9.59 Å². The van der Waals surface area contributed by atoms with Crippen molar-refractivity contribution in [3.63, 3.8) is 0 Å². The molecule has 16 nitrogen and oxygen atoms in total. The molecule has 2 bridgehead atoms. The summed E-state index contributed by atoms with van der Waals surface area (Å²) in [7, 11) is 7.00. The molecule has 4 fully saturated rings. The van der Waals surface area contributed by atoms with Crippen LogP contribution in [-0.4, -0.2) is 147 Å². The predicted molar refractivity (Wildman–Crippen MR) is 258 cm³/mol. The Hall–Kier alpha value is -3.84. The zero-order valence-electron chi connectivity index (χ0n) is 43.9. The molecule has 70 heavy (non-hydrogen) atoms.